The van der Waals surface area contributed by atoms with Crippen LogP contribution in [0.4, 0.5) is 0 Å². The SMILES string of the molecule is CCCNCc1nccn1Cc1ncnn1C(C)C. The van der Waals surface area contributed by atoms with Gasteiger partial charge >= 0.3 is 0 Å². The number of nitrogens with zero attached hydrogens (tertiary/aromatic N) is 5. The van der Waals surface area contributed by atoms with Gasteiger partial charge in [-0.25, -0.2) is 14.6 Å². The largest absolute Gasteiger partial charge is 0.326 e. The van der Waals surface area contributed by atoms with Gasteiger partial charge in [-0.3, -0.25) is 0 Å². The molecule has 0 saturated carbocycles. The van der Waals surface area contributed by atoms with E-state index in [2.05, 4.69) is 45.7 Å². The Morgan fingerprint density at radius 2 is 2.11 bits per heavy atom. The van der Waals surface area contributed by atoms with Gasteiger partial charge in [-0.15, -0.1) is 0 Å². The molecule has 2 aromatic rings. The predicted molar refractivity (Wildman–Crippen MR) is 73.7 cm³/mol. The molecule has 0 atom stereocenters. The first-order valence-electron chi connectivity index (χ1n) is 6.81. The van der Waals surface area contributed by atoms with Crippen LogP contribution in [0.3, 0.4) is 0 Å². The summed E-state index contributed by atoms with van der Waals surface area (Å²) in [5.74, 6) is 2.00. The molecule has 2 rings (SSSR count). The Morgan fingerprint density at radius 3 is 2.84 bits per heavy atom. The second-order valence-corrected chi connectivity index (χ2v) is 4.86. The topological polar surface area (TPSA) is 60.6 Å². The summed E-state index contributed by atoms with van der Waals surface area (Å²) < 4.78 is 4.06. The molecule has 0 radical (unpaired) electrons. The van der Waals surface area contributed by atoms with Crippen molar-refractivity contribution < 1.29 is 0 Å². The number of nitrogens with one attached hydrogen (secondary N) is 1. The Labute approximate surface area is 113 Å². The zero-order valence-electron chi connectivity index (χ0n) is 11.9. The average Bonchev–Trinajstić information content (AvgIpc) is 3.00. The molecule has 0 aliphatic heterocycles. The highest BCUT2D eigenvalue weighted by molar-refractivity contribution is 4.97. The third-order valence-electron chi connectivity index (χ3n) is 2.96. The third kappa shape index (κ3) is 3.41. The molecule has 1 N–H and O–H groups in total. The zero-order valence-corrected chi connectivity index (χ0v) is 11.9. The van der Waals surface area contributed by atoms with Crippen LogP contribution in [-0.2, 0) is 13.1 Å². The lowest BCUT2D eigenvalue weighted by Crippen LogP contribution is -2.19. The van der Waals surface area contributed by atoms with Crippen molar-refractivity contribution in [3.63, 3.8) is 0 Å². The molecule has 2 heterocycles. The molecule has 0 aromatic carbocycles. The second-order valence-electron chi connectivity index (χ2n) is 4.86. The quantitative estimate of drug-likeness (QED) is 0.770. The molecule has 19 heavy (non-hydrogen) atoms. The highest BCUT2D eigenvalue weighted by Gasteiger charge is 2.10. The van der Waals surface area contributed by atoms with Gasteiger partial charge < -0.3 is 9.88 Å². The van der Waals surface area contributed by atoms with Crippen molar-refractivity contribution in [2.75, 3.05) is 6.54 Å². The molecule has 0 aliphatic rings. The zero-order chi connectivity index (χ0) is 13.7. The van der Waals surface area contributed by atoms with Crippen LogP contribution in [0.2, 0.25) is 0 Å². The number of imidazole rings is 1. The van der Waals surface area contributed by atoms with Crippen LogP contribution in [0.1, 0.15) is 44.9 Å². The molecule has 0 unspecified atom stereocenters. The summed E-state index contributed by atoms with van der Waals surface area (Å²) in [7, 11) is 0. The summed E-state index contributed by atoms with van der Waals surface area (Å²) in [6.45, 7) is 8.88. The van der Waals surface area contributed by atoms with Gasteiger partial charge in [0, 0.05) is 18.4 Å². The van der Waals surface area contributed by atoms with E-state index in [9.17, 15) is 0 Å². The van der Waals surface area contributed by atoms with Crippen LogP contribution in [0.5, 0.6) is 0 Å². The third-order valence-corrected chi connectivity index (χ3v) is 2.96. The van der Waals surface area contributed by atoms with Crippen molar-refractivity contribution in [2.45, 2.75) is 46.3 Å². The lowest BCUT2D eigenvalue weighted by atomic mass is 10.4. The first-order valence-corrected chi connectivity index (χ1v) is 6.81. The van der Waals surface area contributed by atoms with Gasteiger partial charge in [0.2, 0.25) is 0 Å². The van der Waals surface area contributed by atoms with Crippen molar-refractivity contribution in [3.05, 3.63) is 30.4 Å². The maximum Gasteiger partial charge on any atom is 0.147 e. The molecule has 104 valence electrons. The fourth-order valence-electron chi connectivity index (χ4n) is 2.00. The van der Waals surface area contributed by atoms with Crippen molar-refractivity contribution in [2.24, 2.45) is 0 Å². The standard InChI is InChI=1S/C13H22N6/c1-4-5-14-8-12-15-6-7-18(12)9-13-16-10-17-19(13)11(2)3/h6-7,10-11,14H,4-5,8-9H2,1-3H3. The minimum Gasteiger partial charge on any atom is -0.326 e. The van der Waals surface area contributed by atoms with Gasteiger partial charge in [0.25, 0.3) is 0 Å². The molecule has 0 bridgehead atoms. The van der Waals surface area contributed by atoms with E-state index in [0.717, 1.165) is 31.2 Å². The van der Waals surface area contributed by atoms with Crippen molar-refractivity contribution >= 4 is 0 Å². The molecule has 6 heteroatoms. The predicted octanol–water partition coefficient (Wildman–Crippen LogP) is 1.60. The minimum absolute atomic E-state index is 0.322. The highest BCUT2D eigenvalue weighted by Crippen LogP contribution is 2.08. The summed E-state index contributed by atoms with van der Waals surface area (Å²) in [4.78, 5) is 8.72. The summed E-state index contributed by atoms with van der Waals surface area (Å²) in [5.41, 5.74) is 0. The van der Waals surface area contributed by atoms with Crippen molar-refractivity contribution in [1.82, 2.24) is 29.6 Å². The molecule has 0 amide bonds. The number of rotatable bonds is 7. The van der Waals surface area contributed by atoms with Crippen LogP contribution >= 0.6 is 0 Å². The van der Waals surface area contributed by atoms with Gasteiger partial charge in [-0.2, -0.15) is 5.10 Å². The van der Waals surface area contributed by atoms with Crippen molar-refractivity contribution in [1.29, 1.82) is 0 Å². The lowest BCUT2D eigenvalue weighted by Gasteiger charge is -2.11. The second kappa shape index (κ2) is 6.47. The maximum atomic E-state index is 4.39. The summed E-state index contributed by atoms with van der Waals surface area (Å²) >= 11 is 0. The van der Waals surface area contributed by atoms with Crippen LogP contribution in [-0.4, -0.2) is 30.9 Å². The van der Waals surface area contributed by atoms with Gasteiger partial charge in [0.15, 0.2) is 0 Å². The lowest BCUT2D eigenvalue weighted by molar-refractivity contribution is 0.491. The Kier molecular flexibility index (Phi) is 4.68. The Hall–Kier alpha value is -1.69. The van der Waals surface area contributed by atoms with Crippen LogP contribution in [0.15, 0.2) is 18.7 Å². The summed E-state index contributed by atoms with van der Waals surface area (Å²) in [6, 6.07) is 0.322. The van der Waals surface area contributed by atoms with E-state index in [-0.39, 0.29) is 0 Å². The Morgan fingerprint density at radius 1 is 1.26 bits per heavy atom. The molecular weight excluding hydrogens is 240 g/mol. The maximum absolute atomic E-state index is 4.39. The molecule has 6 nitrogen and oxygen atoms in total. The molecule has 2 aromatic heterocycles. The Bertz CT molecular complexity index is 499. The first kappa shape index (κ1) is 13.7. The summed E-state index contributed by atoms with van der Waals surface area (Å²) in [5, 5.41) is 7.63. The molecule has 0 fully saturated rings. The number of aromatic nitrogens is 5. The van der Waals surface area contributed by atoms with Gasteiger partial charge in [0.05, 0.1) is 13.1 Å². The molecule has 0 saturated heterocycles. The molecular formula is C13H22N6. The summed E-state index contributed by atoms with van der Waals surface area (Å²) in [6.07, 6.45) is 6.56. The fraction of sp³-hybridized carbons (Fsp3) is 0.615. The highest BCUT2D eigenvalue weighted by atomic mass is 15.4. The van der Waals surface area contributed by atoms with E-state index in [1.165, 1.54) is 0 Å². The monoisotopic (exact) mass is 262 g/mol. The normalized spacial score (nSPS) is 11.4. The van der Waals surface area contributed by atoms with Gasteiger partial charge in [-0.1, -0.05) is 6.92 Å². The van der Waals surface area contributed by atoms with Crippen LogP contribution in [0, 0.1) is 0 Å². The Balaban J connectivity index is 2.06. The number of hydrogen-bond donors (Lipinski definition) is 1. The van der Waals surface area contributed by atoms with E-state index in [1.54, 1.807) is 6.33 Å². The molecule has 0 spiro atoms. The average molecular weight is 262 g/mol. The minimum atomic E-state index is 0.322. The smallest absolute Gasteiger partial charge is 0.147 e. The van der Waals surface area contributed by atoms with Gasteiger partial charge in [0.1, 0.15) is 18.0 Å². The molecule has 0 aliphatic carbocycles. The van der Waals surface area contributed by atoms with E-state index in [4.69, 9.17) is 0 Å². The van der Waals surface area contributed by atoms with E-state index >= 15 is 0 Å². The first-order chi connectivity index (χ1) is 9.22. The van der Waals surface area contributed by atoms with E-state index < -0.39 is 0 Å². The van der Waals surface area contributed by atoms with Crippen LogP contribution in [0.25, 0.3) is 0 Å². The van der Waals surface area contributed by atoms with Crippen molar-refractivity contribution in [3.8, 4) is 0 Å². The van der Waals surface area contributed by atoms with E-state index in [1.807, 2.05) is 17.1 Å². The number of hydrogen-bond acceptors (Lipinski definition) is 4. The van der Waals surface area contributed by atoms with Crippen LogP contribution < -0.4 is 5.32 Å². The van der Waals surface area contributed by atoms with Gasteiger partial charge in [-0.05, 0) is 26.8 Å². The fourth-order valence-corrected chi connectivity index (χ4v) is 2.00. The van der Waals surface area contributed by atoms with E-state index in [0.29, 0.717) is 12.6 Å².